The van der Waals surface area contributed by atoms with E-state index < -0.39 is 0 Å². The van der Waals surface area contributed by atoms with Crippen LogP contribution >= 0.6 is 0 Å². The second-order valence-electron chi connectivity index (χ2n) is 4.12. The molecule has 0 bridgehead atoms. The second-order valence-corrected chi connectivity index (χ2v) is 4.12. The first-order valence-electron chi connectivity index (χ1n) is 5.58. The molecule has 4 heteroatoms. The quantitative estimate of drug-likeness (QED) is 0.725. The van der Waals surface area contributed by atoms with E-state index in [1.807, 2.05) is 13.8 Å². The summed E-state index contributed by atoms with van der Waals surface area (Å²) in [7, 11) is 0. The Morgan fingerprint density at radius 1 is 1.62 bits per heavy atom. The standard InChI is InChI=1S/C12H19NO3/c1-9(8-14)4-3-6-13-12(15)11-10(2)5-7-16-11/h5,7,9,14H,3-4,6,8H2,1-2H3,(H,13,15). The number of hydrogen-bond acceptors (Lipinski definition) is 3. The highest BCUT2D eigenvalue weighted by atomic mass is 16.3. The molecule has 1 unspecified atom stereocenters. The van der Waals surface area contributed by atoms with Gasteiger partial charge >= 0.3 is 0 Å². The van der Waals surface area contributed by atoms with Crippen LogP contribution in [0.15, 0.2) is 16.7 Å². The molecular weight excluding hydrogens is 206 g/mol. The normalized spacial score (nSPS) is 12.4. The van der Waals surface area contributed by atoms with Crippen LogP contribution in [0, 0.1) is 12.8 Å². The number of aliphatic hydroxyl groups excluding tert-OH is 1. The Morgan fingerprint density at radius 2 is 2.38 bits per heavy atom. The number of amides is 1. The Labute approximate surface area is 95.7 Å². The predicted octanol–water partition coefficient (Wildman–Crippen LogP) is 1.73. The average molecular weight is 225 g/mol. The molecule has 1 aromatic rings. The van der Waals surface area contributed by atoms with E-state index in [1.54, 1.807) is 6.07 Å². The number of nitrogens with one attached hydrogen (secondary N) is 1. The van der Waals surface area contributed by atoms with Crippen molar-refractivity contribution in [2.45, 2.75) is 26.7 Å². The minimum atomic E-state index is -0.167. The van der Waals surface area contributed by atoms with Gasteiger partial charge in [0.25, 0.3) is 5.91 Å². The molecule has 0 aliphatic rings. The lowest BCUT2D eigenvalue weighted by atomic mass is 10.1. The maximum atomic E-state index is 11.6. The summed E-state index contributed by atoms with van der Waals surface area (Å²) in [6.07, 6.45) is 3.29. The smallest absolute Gasteiger partial charge is 0.287 e. The van der Waals surface area contributed by atoms with Gasteiger partial charge in [0, 0.05) is 18.7 Å². The van der Waals surface area contributed by atoms with Gasteiger partial charge in [-0.25, -0.2) is 0 Å². The Balaban J connectivity index is 2.24. The van der Waals surface area contributed by atoms with Crippen molar-refractivity contribution in [3.8, 4) is 0 Å². The van der Waals surface area contributed by atoms with Crippen molar-refractivity contribution in [1.29, 1.82) is 0 Å². The first kappa shape index (κ1) is 12.8. The van der Waals surface area contributed by atoms with Gasteiger partial charge in [0.15, 0.2) is 5.76 Å². The molecule has 0 saturated heterocycles. The van der Waals surface area contributed by atoms with Crippen LogP contribution in [0.1, 0.15) is 35.9 Å². The third kappa shape index (κ3) is 3.70. The van der Waals surface area contributed by atoms with Crippen LogP contribution in [0.5, 0.6) is 0 Å². The number of rotatable bonds is 6. The molecule has 0 saturated carbocycles. The van der Waals surface area contributed by atoms with E-state index >= 15 is 0 Å². The molecule has 2 N–H and O–H groups in total. The Morgan fingerprint density at radius 3 is 2.94 bits per heavy atom. The van der Waals surface area contributed by atoms with Crippen molar-refractivity contribution >= 4 is 5.91 Å². The van der Waals surface area contributed by atoms with Gasteiger partial charge < -0.3 is 14.8 Å². The van der Waals surface area contributed by atoms with Crippen molar-refractivity contribution < 1.29 is 14.3 Å². The number of aryl methyl sites for hydroxylation is 1. The van der Waals surface area contributed by atoms with E-state index in [0.717, 1.165) is 18.4 Å². The summed E-state index contributed by atoms with van der Waals surface area (Å²) < 4.78 is 5.07. The monoisotopic (exact) mass is 225 g/mol. The Hall–Kier alpha value is -1.29. The summed E-state index contributed by atoms with van der Waals surface area (Å²) in [6, 6.07) is 1.77. The van der Waals surface area contributed by atoms with E-state index in [9.17, 15) is 4.79 Å². The van der Waals surface area contributed by atoms with E-state index in [-0.39, 0.29) is 12.5 Å². The van der Waals surface area contributed by atoms with Crippen LogP contribution in [0.3, 0.4) is 0 Å². The zero-order valence-electron chi connectivity index (χ0n) is 9.82. The van der Waals surface area contributed by atoms with E-state index in [4.69, 9.17) is 9.52 Å². The van der Waals surface area contributed by atoms with Gasteiger partial charge in [-0.3, -0.25) is 4.79 Å². The molecular formula is C12H19NO3. The number of hydrogen-bond donors (Lipinski definition) is 2. The van der Waals surface area contributed by atoms with Gasteiger partial charge in [0.2, 0.25) is 0 Å². The van der Waals surface area contributed by atoms with E-state index in [1.165, 1.54) is 6.26 Å². The molecule has 1 aromatic heterocycles. The molecule has 1 amide bonds. The van der Waals surface area contributed by atoms with Gasteiger partial charge in [0.05, 0.1) is 6.26 Å². The van der Waals surface area contributed by atoms with E-state index in [0.29, 0.717) is 18.2 Å². The van der Waals surface area contributed by atoms with Crippen molar-refractivity contribution in [1.82, 2.24) is 5.32 Å². The van der Waals surface area contributed by atoms with Gasteiger partial charge in [-0.15, -0.1) is 0 Å². The molecule has 1 atom stereocenters. The summed E-state index contributed by atoms with van der Waals surface area (Å²) in [5.41, 5.74) is 0.848. The summed E-state index contributed by atoms with van der Waals surface area (Å²) in [6.45, 7) is 4.64. The number of carbonyl (C=O) groups excluding carboxylic acids is 1. The lowest BCUT2D eigenvalue weighted by Gasteiger charge is -2.07. The predicted molar refractivity (Wildman–Crippen MR) is 61.3 cm³/mol. The topological polar surface area (TPSA) is 62.5 Å². The van der Waals surface area contributed by atoms with Gasteiger partial charge in [-0.2, -0.15) is 0 Å². The van der Waals surface area contributed by atoms with Crippen LogP contribution in [-0.4, -0.2) is 24.2 Å². The van der Waals surface area contributed by atoms with Crippen LogP contribution < -0.4 is 5.32 Å². The highest BCUT2D eigenvalue weighted by Gasteiger charge is 2.11. The van der Waals surface area contributed by atoms with Crippen LogP contribution in [0.2, 0.25) is 0 Å². The number of aliphatic hydroxyl groups is 1. The van der Waals surface area contributed by atoms with Gasteiger partial charge in [0.1, 0.15) is 0 Å². The van der Waals surface area contributed by atoms with Gasteiger partial charge in [-0.1, -0.05) is 6.92 Å². The Bertz CT molecular complexity index is 333. The maximum Gasteiger partial charge on any atom is 0.287 e. The van der Waals surface area contributed by atoms with Crippen LogP contribution in [0.4, 0.5) is 0 Å². The van der Waals surface area contributed by atoms with Crippen LogP contribution in [0.25, 0.3) is 0 Å². The third-order valence-corrected chi connectivity index (χ3v) is 2.54. The first-order chi connectivity index (χ1) is 7.65. The molecule has 0 aliphatic heterocycles. The highest BCUT2D eigenvalue weighted by Crippen LogP contribution is 2.08. The molecule has 90 valence electrons. The lowest BCUT2D eigenvalue weighted by molar-refractivity contribution is 0.0923. The molecule has 1 heterocycles. The summed E-state index contributed by atoms with van der Waals surface area (Å²) in [5.74, 6) is 0.511. The molecule has 1 rings (SSSR count). The molecule has 0 aliphatic carbocycles. The fraction of sp³-hybridized carbons (Fsp3) is 0.583. The third-order valence-electron chi connectivity index (χ3n) is 2.54. The van der Waals surface area contributed by atoms with Crippen LogP contribution in [-0.2, 0) is 0 Å². The first-order valence-corrected chi connectivity index (χ1v) is 5.58. The fourth-order valence-corrected chi connectivity index (χ4v) is 1.43. The SMILES string of the molecule is Cc1ccoc1C(=O)NCCCC(C)CO. The lowest BCUT2D eigenvalue weighted by Crippen LogP contribution is -2.25. The summed E-state index contributed by atoms with van der Waals surface area (Å²) in [5, 5.41) is 11.6. The fourth-order valence-electron chi connectivity index (χ4n) is 1.43. The largest absolute Gasteiger partial charge is 0.459 e. The van der Waals surface area contributed by atoms with E-state index in [2.05, 4.69) is 5.32 Å². The number of carbonyl (C=O) groups is 1. The van der Waals surface area contributed by atoms with Crippen molar-refractivity contribution in [2.24, 2.45) is 5.92 Å². The van der Waals surface area contributed by atoms with Crippen molar-refractivity contribution in [3.05, 3.63) is 23.7 Å². The van der Waals surface area contributed by atoms with Crippen molar-refractivity contribution in [2.75, 3.05) is 13.2 Å². The van der Waals surface area contributed by atoms with Crippen molar-refractivity contribution in [3.63, 3.8) is 0 Å². The molecule has 0 fully saturated rings. The maximum absolute atomic E-state index is 11.6. The average Bonchev–Trinajstić information content (AvgIpc) is 2.70. The van der Waals surface area contributed by atoms with Gasteiger partial charge in [-0.05, 0) is 31.7 Å². The molecule has 0 spiro atoms. The molecule has 0 radical (unpaired) electrons. The zero-order chi connectivity index (χ0) is 12.0. The molecule has 16 heavy (non-hydrogen) atoms. The zero-order valence-corrected chi connectivity index (χ0v) is 9.82. The minimum Gasteiger partial charge on any atom is -0.459 e. The second kappa shape index (κ2) is 6.33. The molecule has 0 aromatic carbocycles. The number of furan rings is 1. The molecule has 4 nitrogen and oxygen atoms in total. The highest BCUT2D eigenvalue weighted by molar-refractivity contribution is 5.92. The Kier molecular flexibility index (Phi) is 5.05. The summed E-state index contributed by atoms with van der Waals surface area (Å²) >= 11 is 0. The summed E-state index contributed by atoms with van der Waals surface area (Å²) in [4.78, 5) is 11.6. The minimum absolute atomic E-state index is 0.167.